The highest BCUT2D eigenvalue weighted by molar-refractivity contribution is 6.31. The van der Waals surface area contributed by atoms with Crippen molar-refractivity contribution in [1.29, 1.82) is 0 Å². The molecule has 1 N–H and O–H groups in total. The van der Waals surface area contributed by atoms with Crippen molar-refractivity contribution in [3.8, 4) is 16.9 Å². The SMILES string of the molecule is FC(F)(F)c1cc(Cl)ccc1-n1nc(-c2ccc(Cl)cc2)c2c1NCCCC2. The molecule has 0 radical (unpaired) electrons. The van der Waals surface area contributed by atoms with E-state index in [1.165, 1.54) is 16.8 Å². The standard InChI is InChI=1S/C20H16Cl2F3N3/c21-13-6-4-12(5-7-13)18-15-3-1-2-10-26-19(15)28(27-18)17-9-8-14(22)11-16(17)20(23,24)25/h4-9,11,26H,1-3,10H2. The molecule has 0 saturated carbocycles. The van der Waals surface area contributed by atoms with Gasteiger partial charge in [0.1, 0.15) is 5.82 Å². The Morgan fingerprint density at radius 1 is 0.964 bits per heavy atom. The second-order valence-electron chi connectivity index (χ2n) is 6.64. The highest BCUT2D eigenvalue weighted by Crippen LogP contribution is 2.39. The first-order chi connectivity index (χ1) is 13.3. The predicted molar refractivity (Wildman–Crippen MR) is 105 cm³/mol. The van der Waals surface area contributed by atoms with E-state index >= 15 is 0 Å². The number of rotatable bonds is 2. The third-order valence-electron chi connectivity index (χ3n) is 4.74. The molecule has 0 spiro atoms. The molecule has 0 bridgehead atoms. The summed E-state index contributed by atoms with van der Waals surface area (Å²) < 4.78 is 42.3. The Bertz CT molecular complexity index is 1010. The number of halogens is 5. The van der Waals surface area contributed by atoms with Crippen LogP contribution < -0.4 is 5.32 Å². The Morgan fingerprint density at radius 3 is 2.39 bits per heavy atom. The lowest BCUT2D eigenvalue weighted by molar-refractivity contribution is -0.137. The number of nitrogens with one attached hydrogen (secondary N) is 1. The molecular formula is C20H16Cl2F3N3. The summed E-state index contributed by atoms with van der Waals surface area (Å²) in [6, 6.07) is 10.9. The molecule has 0 saturated heterocycles. The molecule has 8 heteroatoms. The highest BCUT2D eigenvalue weighted by atomic mass is 35.5. The molecule has 1 aliphatic rings. The maximum atomic E-state index is 13.7. The van der Waals surface area contributed by atoms with Crippen molar-refractivity contribution in [2.75, 3.05) is 11.9 Å². The predicted octanol–water partition coefficient (Wildman–Crippen LogP) is 6.61. The zero-order valence-corrected chi connectivity index (χ0v) is 16.2. The van der Waals surface area contributed by atoms with Crippen molar-refractivity contribution in [2.45, 2.75) is 25.4 Å². The van der Waals surface area contributed by atoms with Gasteiger partial charge >= 0.3 is 6.18 Å². The third-order valence-corrected chi connectivity index (χ3v) is 5.23. The number of aromatic nitrogens is 2. The number of fused-ring (bicyclic) bond motifs is 1. The Balaban J connectivity index is 1.95. The molecule has 146 valence electrons. The van der Waals surface area contributed by atoms with Gasteiger partial charge in [-0.15, -0.1) is 0 Å². The molecular weight excluding hydrogens is 410 g/mol. The minimum absolute atomic E-state index is 0.0280. The van der Waals surface area contributed by atoms with Crippen molar-refractivity contribution in [3.05, 3.63) is 63.6 Å². The van der Waals surface area contributed by atoms with E-state index < -0.39 is 11.7 Å². The molecule has 1 aromatic heterocycles. The molecule has 1 aliphatic heterocycles. The normalized spacial score (nSPS) is 14.3. The largest absolute Gasteiger partial charge is 0.418 e. The topological polar surface area (TPSA) is 29.9 Å². The average Bonchev–Trinajstić information content (AvgIpc) is 2.83. The van der Waals surface area contributed by atoms with Gasteiger partial charge in [-0.25, -0.2) is 4.68 Å². The number of hydrogen-bond donors (Lipinski definition) is 1. The summed E-state index contributed by atoms with van der Waals surface area (Å²) in [5, 5.41) is 8.45. The van der Waals surface area contributed by atoms with Crippen molar-refractivity contribution in [3.63, 3.8) is 0 Å². The fourth-order valence-corrected chi connectivity index (χ4v) is 3.73. The van der Waals surface area contributed by atoms with E-state index in [9.17, 15) is 13.2 Å². The number of benzene rings is 2. The molecule has 0 amide bonds. The molecule has 28 heavy (non-hydrogen) atoms. The molecule has 0 aliphatic carbocycles. The van der Waals surface area contributed by atoms with E-state index in [2.05, 4.69) is 10.4 Å². The van der Waals surface area contributed by atoms with E-state index in [0.717, 1.165) is 36.5 Å². The van der Waals surface area contributed by atoms with Crippen LogP contribution in [0, 0.1) is 0 Å². The molecule has 0 fully saturated rings. The van der Waals surface area contributed by atoms with Crippen LogP contribution in [0.25, 0.3) is 16.9 Å². The lowest BCUT2D eigenvalue weighted by atomic mass is 10.0. The first-order valence-corrected chi connectivity index (χ1v) is 9.59. The van der Waals surface area contributed by atoms with E-state index in [0.29, 0.717) is 23.1 Å². The van der Waals surface area contributed by atoms with Gasteiger partial charge in [-0.1, -0.05) is 35.3 Å². The Kier molecular flexibility index (Phi) is 5.02. The van der Waals surface area contributed by atoms with Crippen LogP contribution in [0.2, 0.25) is 10.0 Å². The summed E-state index contributed by atoms with van der Waals surface area (Å²) in [5.74, 6) is 0.593. The summed E-state index contributed by atoms with van der Waals surface area (Å²) >= 11 is 11.8. The summed E-state index contributed by atoms with van der Waals surface area (Å²) in [7, 11) is 0. The fraction of sp³-hybridized carbons (Fsp3) is 0.250. The first-order valence-electron chi connectivity index (χ1n) is 8.83. The zero-order valence-electron chi connectivity index (χ0n) is 14.7. The minimum Gasteiger partial charge on any atom is -0.370 e. The summed E-state index contributed by atoms with van der Waals surface area (Å²) in [4.78, 5) is 0. The average molecular weight is 426 g/mol. The van der Waals surface area contributed by atoms with Crippen LogP contribution in [0.15, 0.2) is 42.5 Å². The Labute approximate surface area is 170 Å². The molecule has 3 nitrogen and oxygen atoms in total. The third kappa shape index (κ3) is 3.59. The van der Waals surface area contributed by atoms with E-state index in [-0.39, 0.29) is 10.7 Å². The van der Waals surface area contributed by atoms with Gasteiger partial charge in [0.2, 0.25) is 0 Å². The van der Waals surface area contributed by atoms with Gasteiger partial charge < -0.3 is 5.32 Å². The van der Waals surface area contributed by atoms with Gasteiger partial charge in [0.25, 0.3) is 0 Å². The maximum absolute atomic E-state index is 13.7. The van der Waals surface area contributed by atoms with Gasteiger partial charge in [-0.05, 0) is 49.6 Å². The van der Waals surface area contributed by atoms with Crippen LogP contribution in [-0.2, 0) is 12.6 Å². The van der Waals surface area contributed by atoms with Crippen LogP contribution in [0.5, 0.6) is 0 Å². The maximum Gasteiger partial charge on any atom is 0.418 e. The number of hydrogen-bond acceptors (Lipinski definition) is 2. The minimum atomic E-state index is -4.55. The first kappa shape index (κ1) is 19.2. The number of alkyl halides is 3. The fourth-order valence-electron chi connectivity index (χ4n) is 3.44. The number of anilines is 1. The van der Waals surface area contributed by atoms with Crippen molar-refractivity contribution >= 4 is 29.0 Å². The van der Waals surface area contributed by atoms with Gasteiger partial charge in [-0.3, -0.25) is 0 Å². The van der Waals surface area contributed by atoms with Crippen molar-refractivity contribution < 1.29 is 13.2 Å². The van der Waals surface area contributed by atoms with Crippen LogP contribution >= 0.6 is 23.2 Å². The second kappa shape index (κ2) is 7.33. The van der Waals surface area contributed by atoms with Crippen LogP contribution in [0.3, 0.4) is 0 Å². The monoisotopic (exact) mass is 425 g/mol. The summed E-state index contributed by atoms with van der Waals surface area (Å²) in [6.07, 6.45) is -1.96. The van der Waals surface area contributed by atoms with E-state index in [1.807, 2.05) is 12.1 Å². The lowest BCUT2D eigenvalue weighted by Crippen LogP contribution is -2.14. The quantitative estimate of drug-likeness (QED) is 0.500. The summed E-state index contributed by atoms with van der Waals surface area (Å²) in [5.41, 5.74) is 1.50. The van der Waals surface area contributed by atoms with Gasteiger partial charge in [-0.2, -0.15) is 18.3 Å². The van der Waals surface area contributed by atoms with Crippen molar-refractivity contribution in [2.24, 2.45) is 0 Å². The van der Waals surface area contributed by atoms with E-state index in [4.69, 9.17) is 23.2 Å². The summed E-state index contributed by atoms with van der Waals surface area (Å²) in [6.45, 7) is 0.674. The molecule has 2 heterocycles. The van der Waals surface area contributed by atoms with Crippen LogP contribution in [-0.4, -0.2) is 16.3 Å². The van der Waals surface area contributed by atoms with Gasteiger partial charge in [0.15, 0.2) is 0 Å². The smallest absolute Gasteiger partial charge is 0.370 e. The molecule has 2 aromatic carbocycles. The second-order valence-corrected chi connectivity index (χ2v) is 7.51. The zero-order chi connectivity index (χ0) is 19.9. The van der Waals surface area contributed by atoms with Crippen LogP contribution in [0.1, 0.15) is 24.0 Å². The molecule has 0 unspecified atom stereocenters. The Morgan fingerprint density at radius 2 is 1.68 bits per heavy atom. The molecule has 3 aromatic rings. The van der Waals surface area contributed by atoms with Gasteiger partial charge in [0, 0.05) is 27.7 Å². The highest BCUT2D eigenvalue weighted by Gasteiger charge is 2.36. The van der Waals surface area contributed by atoms with Crippen molar-refractivity contribution in [1.82, 2.24) is 9.78 Å². The Hall–Kier alpha value is -2.18. The van der Waals surface area contributed by atoms with Gasteiger partial charge in [0.05, 0.1) is 16.9 Å². The number of nitrogens with zero attached hydrogens (tertiary/aromatic N) is 2. The van der Waals surface area contributed by atoms with Crippen LogP contribution in [0.4, 0.5) is 19.0 Å². The molecule has 4 rings (SSSR count). The van der Waals surface area contributed by atoms with E-state index in [1.54, 1.807) is 12.1 Å². The molecule has 0 atom stereocenters. The lowest BCUT2D eigenvalue weighted by Gasteiger charge is -2.16.